The van der Waals surface area contributed by atoms with Crippen molar-refractivity contribution in [3.63, 3.8) is 0 Å². The molecule has 1 nitrogen and oxygen atoms in total. The SMILES string of the molecule is Cc1cc[n+](C)c(-c2c(C)ccc3c2C(C)(C)c2ccccc2-3)c1. The van der Waals surface area contributed by atoms with Crippen LogP contribution in [0.5, 0.6) is 0 Å². The van der Waals surface area contributed by atoms with E-state index < -0.39 is 0 Å². The molecule has 0 aliphatic heterocycles. The fraction of sp³-hybridized carbons (Fsp3) is 0.261. The van der Waals surface area contributed by atoms with Crippen molar-refractivity contribution >= 4 is 0 Å². The van der Waals surface area contributed by atoms with Gasteiger partial charge in [-0.2, -0.15) is 0 Å². The number of rotatable bonds is 1. The lowest BCUT2D eigenvalue weighted by Gasteiger charge is -2.24. The monoisotopic (exact) mass is 314 g/mol. The van der Waals surface area contributed by atoms with Gasteiger partial charge in [0.1, 0.15) is 7.05 Å². The molecule has 1 aromatic heterocycles. The van der Waals surface area contributed by atoms with Gasteiger partial charge in [-0.3, -0.25) is 0 Å². The molecule has 0 saturated carbocycles. The molecule has 3 aromatic rings. The highest BCUT2D eigenvalue weighted by Gasteiger charge is 2.39. The molecule has 0 atom stereocenters. The Morgan fingerprint density at radius 2 is 1.62 bits per heavy atom. The average molecular weight is 314 g/mol. The Labute approximate surface area is 144 Å². The lowest BCUT2D eigenvalue weighted by Crippen LogP contribution is -2.32. The second kappa shape index (κ2) is 5.04. The summed E-state index contributed by atoms with van der Waals surface area (Å²) < 4.78 is 2.24. The molecule has 0 saturated heterocycles. The van der Waals surface area contributed by atoms with Crippen LogP contribution in [-0.2, 0) is 12.5 Å². The summed E-state index contributed by atoms with van der Waals surface area (Å²) in [6, 6.07) is 17.9. The summed E-state index contributed by atoms with van der Waals surface area (Å²) in [5.41, 5.74) is 11.0. The third kappa shape index (κ3) is 1.97. The van der Waals surface area contributed by atoms with Crippen molar-refractivity contribution < 1.29 is 4.57 Å². The van der Waals surface area contributed by atoms with E-state index in [1.807, 2.05) is 0 Å². The molecule has 1 heterocycles. The van der Waals surface area contributed by atoms with Crippen LogP contribution in [0.3, 0.4) is 0 Å². The van der Waals surface area contributed by atoms with Gasteiger partial charge >= 0.3 is 0 Å². The molecule has 0 fully saturated rings. The van der Waals surface area contributed by atoms with Gasteiger partial charge in [-0.25, -0.2) is 4.57 Å². The Hall–Kier alpha value is -2.41. The van der Waals surface area contributed by atoms with Gasteiger partial charge < -0.3 is 0 Å². The normalized spacial score (nSPS) is 14.4. The lowest BCUT2D eigenvalue weighted by molar-refractivity contribution is -0.660. The maximum Gasteiger partial charge on any atom is 0.213 e. The van der Waals surface area contributed by atoms with Crippen LogP contribution in [-0.4, -0.2) is 0 Å². The first-order valence-corrected chi connectivity index (χ1v) is 8.62. The van der Waals surface area contributed by atoms with E-state index in [0.717, 1.165) is 0 Å². The third-order valence-electron chi connectivity index (χ3n) is 5.49. The maximum absolute atomic E-state index is 2.36. The number of aromatic nitrogens is 1. The molecule has 24 heavy (non-hydrogen) atoms. The second-order valence-electron chi connectivity index (χ2n) is 7.55. The lowest BCUT2D eigenvalue weighted by atomic mass is 9.78. The van der Waals surface area contributed by atoms with Gasteiger partial charge in [0.2, 0.25) is 5.69 Å². The molecule has 0 N–H and O–H groups in total. The molecular formula is C23H24N+. The van der Waals surface area contributed by atoms with Crippen molar-refractivity contribution in [2.24, 2.45) is 7.05 Å². The highest BCUT2D eigenvalue weighted by atomic mass is 14.9. The van der Waals surface area contributed by atoms with E-state index in [4.69, 9.17) is 0 Å². The molecule has 0 amide bonds. The number of fused-ring (bicyclic) bond motifs is 3. The van der Waals surface area contributed by atoms with E-state index in [1.165, 1.54) is 44.6 Å². The van der Waals surface area contributed by atoms with Crippen LogP contribution < -0.4 is 4.57 Å². The van der Waals surface area contributed by atoms with Gasteiger partial charge in [-0.05, 0) is 47.2 Å². The van der Waals surface area contributed by atoms with Crippen molar-refractivity contribution in [3.8, 4) is 22.4 Å². The van der Waals surface area contributed by atoms with Crippen molar-refractivity contribution in [2.75, 3.05) is 0 Å². The predicted octanol–water partition coefficient (Wildman–Crippen LogP) is 5.10. The quantitative estimate of drug-likeness (QED) is 0.550. The molecule has 4 rings (SSSR count). The van der Waals surface area contributed by atoms with Crippen LogP contribution in [0.15, 0.2) is 54.7 Å². The third-order valence-corrected chi connectivity index (χ3v) is 5.49. The number of hydrogen-bond acceptors (Lipinski definition) is 0. The van der Waals surface area contributed by atoms with Gasteiger partial charge in [0.15, 0.2) is 6.20 Å². The maximum atomic E-state index is 2.36. The summed E-state index contributed by atoms with van der Waals surface area (Å²) in [4.78, 5) is 0. The van der Waals surface area contributed by atoms with Crippen LogP contribution in [0.4, 0.5) is 0 Å². The highest BCUT2D eigenvalue weighted by Crippen LogP contribution is 2.52. The van der Waals surface area contributed by atoms with Gasteiger partial charge in [0.25, 0.3) is 0 Å². The molecule has 2 aromatic carbocycles. The summed E-state index contributed by atoms with van der Waals surface area (Å²) in [5.74, 6) is 0. The molecule has 0 spiro atoms. The smallest absolute Gasteiger partial charge is 0.201 e. The van der Waals surface area contributed by atoms with E-state index in [0.29, 0.717) is 0 Å². The Bertz CT molecular complexity index is 964. The van der Waals surface area contributed by atoms with Gasteiger partial charge in [0.05, 0.1) is 5.56 Å². The molecule has 0 unspecified atom stereocenters. The van der Waals surface area contributed by atoms with Gasteiger partial charge in [-0.1, -0.05) is 50.2 Å². The minimum atomic E-state index is 0.0179. The number of aryl methyl sites for hydroxylation is 3. The molecule has 0 radical (unpaired) electrons. The van der Waals surface area contributed by atoms with E-state index in [2.05, 4.69) is 94.0 Å². The molecule has 120 valence electrons. The topological polar surface area (TPSA) is 3.88 Å². The Morgan fingerprint density at radius 1 is 0.875 bits per heavy atom. The van der Waals surface area contributed by atoms with Crippen LogP contribution in [0.25, 0.3) is 22.4 Å². The number of benzene rings is 2. The zero-order chi connectivity index (χ0) is 17.1. The molecular weight excluding hydrogens is 290 g/mol. The fourth-order valence-corrected chi connectivity index (χ4v) is 4.23. The van der Waals surface area contributed by atoms with Crippen molar-refractivity contribution in [1.29, 1.82) is 0 Å². The largest absolute Gasteiger partial charge is 0.213 e. The van der Waals surface area contributed by atoms with Crippen LogP contribution in [0.1, 0.15) is 36.1 Å². The predicted molar refractivity (Wildman–Crippen MR) is 100 cm³/mol. The summed E-state index contributed by atoms with van der Waals surface area (Å²) in [5, 5.41) is 0. The van der Waals surface area contributed by atoms with E-state index in [-0.39, 0.29) is 5.41 Å². The number of pyridine rings is 1. The Kier molecular flexibility index (Phi) is 3.18. The van der Waals surface area contributed by atoms with Gasteiger partial charge in [0, 0.05) is 17.5 Å². The number of nitrogens with zero attached hydrogens (tertiary/aromatic N) is 1. The minimum Gasteiger partial charge on any atom is -0.201 e. The summed E-state index contributed by atoms with van der Waals surface area (Å²) in [6.07, 6.45) is 2.17. The standard InChI is InChI=1S/C23H24N/c1-15-12-13-24(5)20(14-15)21-16(2)10-11-18-17-8-6-7-9-19(17)23(3,4)22(18)21/h6-14H,1-5H3/q+1. The van der Waals surface area contributed by atoms with Crippen LogP contribution >= 0.6 is 0 Å². The fourth-order valence-electron chi connectivity index (χ4n) is 4.23. The van der Waals surface area contributed by atoms with Crippen molar-refractivity contribution in [1.82, 2.24) is 0 Å². The summed E-state index contributed by atoms with van der Waals surface area (Å²) in [6.45, 7) is 9.12. The summed E-state index contributed by atoms with van der Waals surface area (Å²) in [7, 11) is 2.14. The summed E-state index contributed by atoms with van der Waals surface area (Å²) >= 11 is 0. The first-order valence-electron chi connectivity index (χ1n) is 8.62. The van der Waals surface area contributed by atoms with Crippen molar-refractivity contribution in [3.05, 3.63) is 77.0 Å². The average Bonchev–Trinajstić information content (AvgIpc) is 2.79. The van der Waals surface area contributed by atoms with E-state index >= 15 is 0 Å². The minimum absolute atomic E-state index is 0.0179. The van der Waals surface area contributed by atoms with Crippen molar-refractivity contribution in [2.45, 2.75) is 33.1 Å². The molecule has 1 aliphatic carbocycles. The Morgan fingerprint density at radius 3 is 2.42 bits per heavy atom. The molecule has 1 heteroatoms. The molecule has 0 bridgehead atoms. The van der Waals surface area contributed by atoms with Crippen LogP contribution in [0.2, 0.25) is 0 Å². The van der Waals surface area contributed by atoms with Gasteiger partial charge in [-0.15, -0.1) is 0 Å². The Balaban J connectivity index is 2.12. The highest BCUT2D eigenvalue weighted by molar-refractivity contribution is 5.88. The van der Waals surface area contributed by atoms with E-state index in [1.54, 1.807) is 0 Å². The van der Waals surface area contributed by atoms with Crippen LogP contribution in [0, 0.1) is 13.8 Å². The number of hydrogen-bond donors (Lipinski definition) is 0. The van der Waals surface area contributed by atoms with E-state index in [9.17, 15) is 0 Å². The second-order valence-corrected chi connectivity index (χ2v) is 7.55. The molecule has 1 aliphatic rings. The first-order chi connectivity index (χ1) is 11.4. The zero-order valence-corrected chi connectivity index (χ0v) is 15.1. The first kappa shape index (κ1) is 15.1. The zero-order valence-electron chi connectivity index (χ0n) is 15.1.